The summed E-state index contributed by atoms with van der Waals surface area (Å²) in [5.41, 5.74) is 3.27. The van der Waals surface area contributed by atoms with E-state index in [0.29, 0.717) is 23.5 Å². The second kappa shape index (κ2) is 15.2. The highest BCUT2D eigenvalue weighted by atomic mass is 16.6. The average Bonchev–Trinajstić information content (AvgIpc) is 3.00. The lowest BCUT2D eigenvalue weighted by Crippen LogP contribution is -2.42. The number of dihydropyridines is 1. The molecule has 9 heteroatoms. The number of nitro groups is 1. The second-order valence-electron chi connectivity index (χ2n) is 13.0. The predicted molar refractivity (Wildman–Crippen MR) is 183 cm³/mol. The lowest BCUT2D eigenvalue weighted by atomic mass is 9.80. The summed E-state index contributed by atoms with van der Waals surface area (Å²) in [6, 6.07) is 26.8. The standard InChI is InChI=1S/C38H45N3O6/c1-25(2)46-36(42)33-26(3)39-27(4)34(35(33)30-19-14-20-31(23-30)41(44)45)37(43)47-38(5,6)24-40(7)22-21-32(28-15-10-8-11-16-28)29-17-12-9-13-18-29/h8-20,23,25,32,35,39H,21-22,24H2,1-7H3. The Bertz CT molecular complexity index is 1610. The largest absolute Gasteiger partial charge is 0.460 e. The van der Waals surface area contributed by atoms with E-state index in [-0.39, 0.29) is 22.8 Å². The van der Waals surface area contributed by atoms with Crippen molar-refractivity contribution in [2.75, 3.05) is 20.1 Å². The maximum absolute atomic E-state index is 14.1. The predicted octanol–water partition coefficient (Wildman–Crippen LogP) is 7.26. The molecule has 1 aliphatic rings. The van der Waals surface area contributed by atoms with Crippen molar-refractivity contribution in [3.8, 4) is 0 Å². The minimum atomic E-state index is -0.930. The van der Waals surface area contributed by atoms with Gasteiger partial charge in [0.15, 0.2) is 0 Å². The van der Waals surface area contributed by atoms with Crippen LogP contribution in [0.1, 0.15) is 76.5 Å². The van der Waals surface area contributed by atoms with Crippen LogP contribution in [0.5, 0.6) is 0 Å². The van der Waals surface area contributed by atoms with E-state index in [2.05, 4.69) is 58.7 Å². The van der Waals surface area contributed by atoms with Crippen LogP contribution in [0.2, 0.25) is 0 Å². The molecule has 0 saturated carbocycles. The van der Waals surface area contributed by atoms with Gasteiger partial charge in [-0.05, 0) is 78.2 Å². The van der Waals surface area contributed by atoms with Crippen LogP contribution in [-0.4, -0.2) is 53.6 Å². The van der Waals surface area contributed by atoms with E-state index in [1.807, 2.05) is 33.0 Å². The van der Waals surface area contributed by atoms with Gasteiger partial charge in [0.1, 0.15) is 5.60 Å². The molecule has 0 spiro atoms. The maximum atomic E-state index is 14.1. The van der Waals surface area contributed by atoms with Crippen molar-refractivity contribution in [2.45, 2.75) is 71.5 Å². The lowest BCUT2D eigenvalue weighted by molar-refractivity contribution is -0.384. The second-order valence-corrected chi connectivity index (χ2v) is 13.0. The highest BCUT2D eigenvalue weighted by Crippen LogP contribution is 2.41. The zero-order valence-electron chi connectivity index (χ0n) is 28.3. The number of likely N-dealkylation sites (N-methyl/N-ethyl adjacent to an activating group) is 1. The van der Waals surface area contributed by atoms with Crippen molar-refractivity contribution in [2.24, 2.45) is 0 Å². The zero-order valence-corrected chi connectivity index (χ0v) is 28.3. The number of benzene rings is 3. The van der Waals surface area contributed by atoms with Gasteiger partial charge in [0, 0.05) is 36.0 Å². The van der Waals surface area contributed by atoms with Gasteiger partial charge in [-0.3, -0.25) is 10.1 Å². The molecule has 0 aromatic heterocycles. The van der Waals surface area contributed by atoms with Crippen molar-refractivity contribution in [3.63, 3.8) is 0 Å². The van der Waals surface area contributed by atoms with Gasteiger partial charge in [0.2, 0.25) is 0 Å². The van der Waals surface area contributed by atoms with E-state index in [4.69, 9.17) is 9.47 Å². The maximum Gasteiger partial charge on any atom is 0.337 e. The van der Waals surface area contributed by atoms with Crippen LogP contribution in [0.4, 0.5) is 5.69 Å². The van der Waals surface area contributed by atoms with Crippen molar-refractivity contribution in [1.82, 2.24) is 10.2 Å². The lowest BCUT2D eigenvalue weighted by Gasteiger charge is -2.35. The molecule has 0 aliphatic carbocycles. The third kappa shape index (κ3) is 8.95. The molecule has 1 atom stereocenters. The van der Waals surface area contributed by atoms with Crippen molar-refractivity contribution in [1.29, 1.82) is 0 Å². The van der Waals surface area contributed by atoms with Crippen LogP contribution >= 0.6 is 0 Å². The number of nitrogens with one attached hydrogen (secondary N) is 1. The summed E-state index contributed by atoms with van der Waals surface area (Å²) in [6.45, 7) is 11.9. The van der Waals surface area contributed by atoms with Gasteiger partial charge in [-0.25, -0.2) is 9.59 Å². The van der Waals surface area contributed by atoms with Crippen molar-refractivity contribution < 1.29 is 24.0 Å². The number of nitro benzene ring substituents is 1. The Morgan fingerprint density at radius 2 is 1.45 bits per heavy atom. The quantitative estimate of drug-likeness (QED) is 0.118. The number of ether oxygens (including phenoxy) is 2. The fourth-order valence-electron chi connectivity index (χ4n) is 6.28. The first kappa shape index (κ1) is 35.1. The molecule has 1 N–H and O–H groups in total. The van der Waals surface area contributed by atoms with Crippen molar-refractivity contribution >= 4 is 17.6 Å². The molecule has 4 rings (SSSR count). The fraction of sp³-hybridized carbons (Fsp3) is 0.368. The van der Waals surface area contributed by atoms with Gasteiger partial charge < -0.3 is 19.7 Å². The molecule has 0 radical (unpaired) electrons. The number of carbonyl (C=O) groups is 2. The molecule has 0 saturated heterocycles. The smallest absolute Gasteiger partial charge is 0.337 e. The summed E-state index contributed by atoms with van der Waals surface area (Å²) in [7, 11) is 2.01. The monoisotopic (exact) mass is 639 g/mol. The van der Waals surface area contributed by atoms with Gasteiger partial charge >= 0.3 is 11.9 Å². The summed E-state index contributed by atoms with van der Waals surface area (Å²) < 4.78 is 11.7. The molecule has 3 aromatic rings. The van der Waals surface area contributed by atoms with E-state index in [0.717, 1.165) is 13.0 Å². The van der Waals surface area contributed by atoms with E-state index in [1.165, 1.54) is 23.3 Å². The normalized spacial score (nSPS) is 15.2. The van der Waals surface area contributed by atoms with Gasteiger partial charge in [0.25, 0.3) is 5.69 Å². The molecule has 248 valence electrons. The number of hydrogen-bond acceptors (Lipinski definition) is 8. The Morgan fingerprint density at radius 1 is 0.894 bits per heavy atom. The first-order valence-electron chi connectivity index (χ1n) is 15.9. The number of hydrogen-bond donors (Lipinski definition) is 1. The number of carbonyl (C=O) groups excluding carboxylic acids is 2. The summed E-state index contributed by atoms with van der Waals surface area (Å²) in [4.78, 5) is 40.8. The van der Waals surface area contributed by atoms with E-state index >= 15 is 0 Å². The van der Waals surface area contributed by atoms with Crippen LogP contribution < -0.4 is 5.32 Å². The highest BCUT2D eigenvalue weighted by molar-refractivity contribution is 6.00. The van der Waals surface area contributed by atoms with Crippen LogP contribution in [0.15, 0.2) is 107 Å². The minimum absolute atomic E-state index is 0.146. The number of non-ortho nitro benzene ring substituents is 1. The van der Waals surface area contributed by atoms with Gasteiger partial charge in [-0.15, -0.1) is 0 Å². The molecule has 0 amide bonds. The molecular weight excluding hydrogens is 594 g/mol. The molecule has 0 bridgehead atoms. The number of nitrogens with zero attached hydrogens (tertiary/aromatic N) is 2. The first-order chi connectivity index (χ1) is 22.3. The Balaban J connectivity index is 1.56. The molecule has 1 heterocycles. The Kier molecular flexibility index (Phi) is 11.4. The highest BCUT2D eigenvalue weighted by Gasteiger charge is 2.40. The van der Waals surface area contributed by atoms with Gasteiger partial charge in [-0.1, -0.05) is 72.8 Å². The number of esters is 2. The summed E-state index contributed by atoms with van der Waals surface area (Å²) in [5.74, 6) is -1.94. The molecule has 47 heavy (non-hydrogen) atoms. The summed E-state index contributed by atoms with van der Waals surface area (Å²) in [6.07, 6.45) is 0.456. The molecule has 0 fully saturated rings. The van der Waals surface area contributed by atoms with E-state index < -0.39 is 34.5 Å². The Hall–Kier alpha value is -4.76. The third-order valence-electron chi connectivity index (χ3n) is 8.18. The first-order valence-corrected chi connectivity index (χ1v) is 15.9. The number of allylic oxidation sites excluding steroid dienone is 2. The topological polar surface area (TPSA) is 111 Å². The van der Waals surface area contributed by atoms with E-state index in [1.54, 1.807) is 39.8 Å². The third-order valence-corrected chi connectivity index (χ3v) is 8.18. The molecule has 9 nitrogen and oxygen atoms in total. The van der Waals surface area contributed by atoms with Gasteiger partial charge in [-0.2, -0.15) is 0 Å². The van der Waals surface area contributed by atoms with Crippen molar-refractivity contribution in [3.05, 3.63) is 134 Å². The van der Waals surface area contributed by atoms with Crippen LogP contribution in [0.25, 0.3) is 0 Å². The van der Waals surface area contributed by atoms with Crippen LogP contribution in [-0.2, 0) is 19.1 Å². The molecule has 1 aliphatic heterocycles. The minimum Gasteiger partial charge on any atom is -0.460 e. The molecule has 3 aromatic carbocycles. The average molecular weight is 640 g/mol. The van der Waals surface area contributed by atoms with Crippen LogP contribution in [0, 0.1) is 10.1 Å². The summed E-state index contributed by atoms with van der Waals surface area (Å²) in [5, 5.41) is 14.8. The van der Waals surface area contributed by atoms with Crippen LogP contribution in [0.3, 0.4) is 0 Å². The molecule has 1 unspecified atom stereocenters. The van der Waals surface area contributed by atoms with Gasteiger partial charge in [0.05, 0.1) is 28.1 Å². The fourth-order valence-corrected chi connectivity index (χ4v) is 6.28. The molecular formula is C38H45N3O6. The van der Waals surface area contributed by atoms with E-state index in [9.17, 15) is 19.7 Å². The number of rotatable bonds is 13. The zero-order chi connectivity index (χ0) is 34.3. The SMILES string of the molecule is CC1=C(C(=O)OC(C)C)C(c2cccc([N+](=O)[O-])c2)C(C(=O)OC(C)(C)CN(C)CCC(c2ccccc2)c2ccccc2)=C(C)N1. The summed E-state index contributed by atoms with van der Waals surface area (Å²) >= 11 is 0. The Morgan fingerprint density at radius 3 is 1.98 bits per heavy atom. The Labute approximate surface area is 277 Å².